The van der Waals surface area contributed by atoms with Gasteiger partial charge in [0, 0.05) is 13.3 Å². The van der Waals surface area contributed by atoms with E-state index in [4.69, 9.17) is 4.74 Å². The van der Waals surface area contributed by atoms with E-state index in [1.54, 1.807) is 30.3 Å². The largest absolute Gasteiger partial charge is 0.427 e. The molecule has 0 saturated heterocycles. The van der Waals surface area contributed by atoms with Crippen LogP contribution in [0.5, 0.6) is 5.75 Å². The van der Waals surface area contributed by atoms with Gasteiger partial charge in [-0.15, -0.1) is 0 Å². The first-order chi connectivity index (χ1) is 14.4. The molecule has 0 unspecified atom stereocenters. The molecular formula is C22H17N3O4S. The molecule has 0 aliphatic heterocycles. The Hall–Kier alpha value is -3.65. The zero-order valence-electron chi connectivity index (χ0n) is 16.3. The van der Waals surface area contributed by atoms with Gasteiger partial charge in [0.1, 0.15) is 11.4 Å². The second kappa shape index (κ2) is 8.00. The van der Waals surface area contributed by atoms with Crippen LogP contribution in [0.4, 0.5) is 0 Å². The smallest absolute Gasteiger partial charge is 0.308 e. The topological polar surface area (TPSA) is 90.6 Å². The highest BCUT2D eigenvalue weighted by Gasteiger charge is 2.12. The molecule has 2 aromatic carbocycles. The fourth-order valence-electron chi connectivity index (χ4n) is 2.94. The predicted molar refractivity (Wildman–Crippen MR) is 114 cm³/mol. The summed E-state index contributed by atoms with van der Waals surface area (Å²) in [5.41, 5.74) is 2.14. The molecule has 0 N–H and O–H groups in total. The first kappa shape index (κ1) is 19.7. The van der Waals surface area contributed by atoms with Gasteiger partial charge in [0.05, 0.1) is 4.53 Å². The zero-order valence-corrected chi connectivity index (χ0v) is 17.1. The molecule has 0 fully saturated rings. The van der Waals surface area contributed by atoms with Crippen LogP contribution in [0.25, 0.3) is 11.0 Å². The Morgan fingerprint density at radius 3 is 2.67 bits per heavy atom. The van der Waals surface area contributed by atoms with E-state index in [1.165, 1.54) is 6.92 Å². The molecule has 0 aliphatic rings. The minimum absolute atomic E-state index is 0.217. The molecule has 7 nitrogen and oxygen atoms in total. The minimum atomic E-state index is -0.444. The van der Waals surface area contributed by atoms with Gasteiger partial charge in [-0.25, -0.2) is 0 Å². The van der Waals surface area contributed by atoms with Crippen molar-refractivity contribution in [2.75, 3.05) is 0 Å². The van der Waals surface area contributed by atoms with Crippen LogP contribution in [0, 0.1) is 6.92 Å². The van der Waals surface area contributed by atoms with Crippen molar-refractivity contribution in [3.8, 4) is 5.75 Å². The first-order valence-corrected chi connectivity index (χ1v) is 9.99. The number of benzene rings is 2. The number of rotatable bonds is 4. The number of ether oxygens (including phenoxy) is 1. The molecule has 0 spiro atoms. The van der Waals surface area contributed by atoms with E-state index in [9.17, 15) is 14.4 Å². The summed E-state index contributed by atoms with van der Waals surface area (Å²) in [5.74, 6) is -0.0393. The average Bonchev–Trinajstić information content (AvgIpc) is 2.98. The number of hydrogen-bond acceptors (Lipinski definition) is 7. The molecule has 8 heteroatoms. The van der Waals surface area contributed by atoms with Crippen molar-refractivity contribution < 1.29 is 9.53 Å². The molecule has 0 aliphatic carbocycles. The van der Waals surface area contributed by atoms with Gasteiger partial charge in [0.25, 0.3) is 11.1 Å². The van der Waals surface area contributed by atoms with Gasteiger partial charge < -0.3 is 4.74 Å². The molecule has 0 amide bonds. The molecule has 30 heavy (non-hydrogen) atoms. The van der Waals surface area contributed by atoms with Crippen molar-refractivity contribution in [3.63, 3.8) is 0 Å². The van der Waals surface area contributed by atoms with Crippen LogP contribution in [-0.2, 0) is 11.2 Å². The number of aromatic nitrogens is 3. The third kappa shape index (κ3) is 4.18. The van der Waals surface area contributed by atoms with Gasteiger partial charge in [-0.05, 0) is 36.3 Å². The van der Waals surface area contributed by atoms with E-state index in [-0.39, 0.29) is 16.2 Å². The lowest BCUT2D eigenvalue weighted by Crippen LogP contribution is -2.28. The molecule has 2 aromatic heterocycles. The highest BCUT2D eigenvalue weighted by atomic mass is 32.1. The van der Waals surface area contributed by atoms with Gasteiger partial charge in [0.2, 0.25) is 4.96 Å². The van der Waals surface area contributed by atoms with E-state index in [0.717, 1.165) is 27.0 Å². The Labute approximate surface area is 174 Å². The third-order valence-electron chi connectivity index (χ3n) is 4.36. The van der Waals surface area contributed by atoms with Gasteiger partial charge >= 0.3 is 5.97 Å². The highest BCUT2D eigenvalue weighted by Crippen LogP contribution is 2.14. The minimum Gasteiger partial charge on any atom is -0.427 e. The number of fused-ring (bicyclic) bond motifs is 1. The van der Waals surface area contributed by atoms with Crippen LogP contribution in [0.3, 0.4) is 0 Å². The fraction of sp³-hybridized carbons (Fsp3) is 0.136. The summed E-state index contributed by atoms with van der Waals surface area (Å²) in [6.45, 7) is 3.31. The molecule has 4 aromatic rings. The maximum atomic E-state index is 12.8. The maximum Gasteiger partial charge on any atom is 0.308 e. The number of esters is 1. The number of hydrogen-bond donors (Lipinski definition) is 0. The Balaban J connectivity index is 1.75. The molecule has 0 saturated carbocycles. The maximum absolute atomic E-state index is 12.8. The molecule has 0 bridgehead atoms. The van der Waals surface area contributed by atoms with Crippen LogP contribution in [0.1, 0.15) is 29.3 Å². The van der Waals surface area contributed by atoms with Crippen LogP contribution in [-0.4, -0.2) is 20.6 Å². The number of carbonyl (C=O) groups excluding carboxylic acids is 1. The van der Waals surface area contributed by atoms with E-state index >= 15 is 0 Å². The second-order valence-electron chi connectivity index (χ2n) is 6.80. The normalized spacial score (nSPS) is 11.7. The number of aryl methyl sites for hydroxylation is 1. The van der Waals surface area contributed by atoms with Crippen molar-refractivity contribution in [2.45, 2.75) is 20.3 Å². The van der Waals surface area contributed by atoms with Gasteiger partial charge in [-0.1, -0.05) is 53.3 Å². The molecule has 150 valence electrons. The van der Waals surface area contributed by atoms with Gasteiger partial charge in [0.15, 0.2) is 0 Å². The van der Waals surface area contributed by atoms with E-state index in [2.05, 4.69) is 10.1 Å². The summed E-state index contributed by atoms with van der Waals surface area (Å²) in [6.07, 6.45) is 1.95. The van der Waals surface area contributed by atoms with Crippen molar-refractivity contribution in [1.82, 2.24) is 14.6 Å². The van der Waals surface area contributed by atoms with Crippen molar-refractivity contribution >= 4 is 28.3 Å². The van der Waals surface area contributed by atoms with Crippen molar-refractivity contribution in [2.24, 2.45) is 0 Å². The standard InChI is InChI=1S/C22H17N3O4S/c1-13-6-8-15(9-7-13)11-18-20(27)23-22-25(24-18)21(28)19(30-22)12-16-4-3-5-17(10-16)29-14(2)26/h3-10,12H,11H2,1-2H3. The number of carbonyl (C=O) groups is 1. The summed E-state index contributed by atoms with van der Waals surface area (Å²) in [7, 11) is 0. The highest BCUT2D eigenvalue weighted by molar-refractivity contribution is 7.15. The van der Waals surface area contributed by atoms with Crippen molar-refractivity contribution in [3.05, 3.63) is 96.2 Å². The van der Waals surface area contributed by atoms with Gasteiger partial charge in [-0.2, -0.15) is 14.6 Å². The molecular weight excluding hydrogens is 402 g/mol. The summed E-state index contributed by atoms with van der Waals surface area (Å²) >= 11 is 1.08. The average molecular weight is 419 g/mol. The Bertz CT molecular complexity index is 1420. The third-order valence-corrected chi connectivity index (χ3v) is 5.32. The zero-order chi connectivity index (χ0) is 21.3. The SMILES string of the molecule is CC(=O)Oc1cccc(C=c2sc3nc(=O)c(Cc4ccc(C)cc4)nn3c2=O)c1. The van der Waals surface area contributed by atoms with E-state index in [1.807, 2.05) is 31.2 Å². The summed E-state index contributed by atoms with van der Waals surface area (Å²) in [6, 6.07) is 14.6. The summed E-state index contributed by atoms with van der Waals surface area (Å²) in [5, 5.41) is 4.26. The Morgan fingerprint density at radius 1 is 1.17 bits per heavy atom. The van der Waals surface area contributed by atoms with Gasteiger partial charge in [-0.3, -0.25) is 14.4 Å². The van der Waals surface area contributed by atoms with Crippen LogP contribution < -0.4 is 20.4 Å². The van der Waals surface area contributed by atoms with E-state index in [0.29, 0.717) is 22.3 Å². The molecule has 4 rings (SSSR count). The predicted octanol–water partition coefficient (Wildman–Crippen LogP) is 1.88. The van der Waals surface area contributed by atoms with Crippen LogP contribution in [0.15, 0.2) is 58.1 Å². The molecule has 0 atom stereocenters. The lowest BCUT2D eigenvalue weighted by Gasteiger charge is -2.01. The quantitative estimate of drug-likeness (QED) is 0.371. The lowest BCUT2D eigenvalue weighted by atomic mass is 10.1. The Morgan fingerprint density at radius 2 is 1.93 bits per heavy atom. The lowest BCUT2D eigenvalue weighted by molar-refractivity contribution is -0.131. The van der Waals surface area contributed by atoms with Crippen LogP contribution >= 0.6 is 11.3 Å². The monoisotopic (exact) mass is 419 g/mol. The summed E-state index contributed by atoms with van der Waals surface area (Å²) in [4.78, 5) is 40.6. The second-order valence-corrected chi connectivity index (χ2v) is 7.81. The molecule has 0 radical (unpaired) electrons. The molecule has 2 heterocycles. The summed E-state index contributed by atoms with van der Waals surface area (Å²) < 4.78 is 6.61. The number of nitrogens with zero attached hydrogens (tertiary/aromatic N) is 3. The number of thiazole rings is 1. The fourth-order valence-corrected chi connectivity index (χ4v) is 3.84. The van der Waals surface area contributed by atoms with Crippen molar-refractivity contribution in [1.29, 1.82) is 0 Å². The van der Waals surface area contributed by atoms with E-state index < -0.39 is 11.5 Å². The first-order valence-electron chi connectivity index (χ1n) is 9.17. The Kier molecular flexibility index (Phi) is 5.24. The van der Waals surface area contributed by atoms with Crippen LogP contribution in [0.2, 0.25) is 0 Å².